The van der Waals surface area contributed by atoms with Crippen LogP contribution in [-0.4, -0.2) is 16.0 Å². The molecule has 2 aromatic carbocycles. The Bertz CT molecular complexity index is 1120. The standard InChI is InChI=1S/C17H9Cl4N3O2S/c18-7-4-8-13(11(21)5-7)23-15(25)17(8,26)14-12(24-16(22)27-14)6-1-2-9(19)10(20)3-6/h1-5,26H,(H2,22,24)(H,23,25)/t17-/m0/s1. The lowest BCUT2D eigenvalue weighted by molar-refractivity contribution is -0.129. The SMILES string of the molecule is Nc1nc(-c2ccc(Cl)c(Cl)c2)c([C@]2(O)C(=O)Nc3c(Cl)cc(Cl)cc32)s1. The number of halogens is 4. The molecule has 0 saturated carbocycles. The molecule has 1 aromatic heterocycles. The number of benzene rings is 2. The van der Waals surface area contributed by atoms with Crippen molar-refractivity contribution in [2.24, 2.45) is 0 Å². The Kier molecular flexibility index (Phi) is 4.54. The molecule has 1 aliphatic heterocycles. The van der Waals surface area contributed by atoms with Gasteiger partial charge in [-0.05, 0) is 24.3 Å². The highest BCUT2D eigenvalue weighted by atomic mass is 35.5. The van der Waals surface area contributed by atoms with Gasteiger partial charge in [0.2, 0.25) is 5.60 Å². The Hall–Kier alpha value is -1.54. The average molecular weight is 461 g/mol. The van der Waals surface area contributed by atoms with Crippen molar-refractivity contribution in [1.29, 1.82) is 0 Å². The van der Waals surface area contributed by atoms with Crippen LogP contribution in [0.25, 0.3) is 11.3 Å². The molecule has 4 rings (SSSR count). The highest BCUT2D eigenvalue weighted by Gasteiger charge is 2.51. The molecule has 0 fully saturated rings. The molecule has 2 heterocycles. The van der Waals surface area contributed by atoms with Gasteiger partial charge in [0.05, 0.1) is 31.3 Å². The topological polar surface area (TPSA) is 88.2 Å². The third-order valence-electron chi connectivity index (χ3n) is 4.18. The number of nitrogens with one attached hydrogen (secondary N) is 1. The fourth-order valence-electron chi connectivity index (χ4n) is 2.96. The molecule has 27 heavy (non-hydrogen) atoms. The van der Waals surface area contributed by atoms with Gasteiger partial charge in [0.15, 0.2) is 5.13 Å². The van der Waals surface area contributed by atoms with Crippen LogP contribution in [0.15, 0.2) is 30.3 Å². The van der Waals surface area contributed by atoms with Crippen molar-refractivity contribution in [2.75, 3.05) is 11.1 Å². The molecule has 1 amide bonds. The van der Waals surface area contributed by atoms with Gasteiger partial charge in [-0.2, -0.15) is 0 Å². The highest BCUT2D eigenvalue weighted by Crippen LogP contribution is 2.50. The normalized spacial score (nSPS) is 18.5. The Balaban J connectivity index is 1.98. The lowest BCUT2D eigenvalue weighted by atomic mass is 9.91. The van der Waals surface area contributed by atoms with Crippen molar-refractivity contribution in [3.05, 3.63) is 60.9 Å². The van der Waals surface area contributed by atoms with Gasteiger partial charge < -0.3 is 16.2 Å². The van der Waals surface area contributed by atoms with Gasteiger partial charge in [-0.25, -0.2) is 4.98 Å². The number of anilines is 2. The zero-order valence-corrected chi connectivity index (χ0v) is 17.0. The molecule has 0 radical (unpaired) electrons. The zero-order valence-electron chi connectivity index (χ0n) is 13.2. The quantitative estimate of drug-likeness (QED) is 0.490. The van der Waals surface area contributed by atoms with Crippen LogP contribution in [0.3, 0.4) is 0 Å². The van der Waals surface area contributed by atoms with Crippen molar-refractivity contribution in [1.82, 2.24) is 4.98 Å². The molecule has 0 unspecified atom stereocenters. The Morgan fingerprint density at radius 3 is 2.52 bits per heavy atom. The van der Waals surface area contributed by atoms with Gasteiger partial charge in [0.1, 0.15) is 0 Å². The van der Waals surface area contributed by atoms with Crippen LogP contribution >= 0.6 is 57.7 Å². The molecular weight excluding hydrogens is 452 g/mol. The number of aliphatic hydroxyl groups is 1. The molecule has 1 atom stereocenters. The summed E-state index contributed by atoms with van der Waals surface area (Å²) in [4.78, 5) is 17.3. The highest BCUT2D eigenvalue weighted by molar-refractivity contribution is 7.16. The summed E-state index contributed by atoms with van der Waals surface area (Å²) in [5.41, 5.74) is 5.23. The van der Waals surface area contributed by atoms with E-state index in [2.05, 4.69) is 10.3 Å². The minimum Gasteiger partial charge on any atom is -0.375 e. The number of rotatable bonds is 2. The molecule has 0 aliphatic carbocycles. The summed E-state index contributed by atoms with van der Waals surface area (Å²) in [6.07, 6.45) is 0. The predicted octanol–water partition coefficient (Wildman–Crippen LogP) is 5.19. The molecule has 138 valence electrons. The Morgan fingerprint density at radius 1 is 1.07 bits per heavy atom. The molecule has 0 bridgehead atoms. The number of nitrogens with two attached hydrogens (primary N) is 1. The summed E-state index contributed by atoms with van der Waals surface area (Å²) >= 11 is 25.3. The van der Waals surface area contributed by atoms with Gasteiger partial charge in [-0.1, -0.05) is 63.8 Å². The van der Waals surface area contributed by atoms with Crippen LogP contribution in [0.1, 0.15) is 10.4 Å². The molecule has 5 nitrogen and oxygen atoms in total. The van der Waals surface area contributed by atoms with Crippen molar-refractivity contribution in [3.8, 4) is 11.3 Å². The fraction of sp³-hybridized carbons (Fsp3) is 0.0588. The summed E-state index contributed by atoms with van der Waals surface area (Å²) < 4.78 is 0. The average Bonchev–Trinajstić information content (AvgIpc) is 3.11. The van der Waals surface area contributed by atoms with Crippen LogP contribution in [0.2, 0.25) is 20.1 Å². The second kappa shape index (κ2) is 6.51. The summed E-state index contributed by atoms with van der Waals surface area (Å²) in [7, 11) is 0. The second-order valence-electron chi connectivity index (χ2n) is 5.83. The molecule has 4 N–H and O–H groups in total. The smallest absolute Gasteiger partial charge is 0.266 e. The largest absolute Gasteiger partial charge is 0.375 e. The van der Waals surface area contributed by atoms with E-state index in [1.165, 1.54) is 12.1 Å². The maximum absolute atomic E-state index is 12.8. The number of aromatic nitrogens is 1. The number of carbonyl (C=O) groups is 1. The third-order valence-corrected chi connectivity index (χ3v) is 6.43. The number of amides is 1. The predicted molar refractivity (Wildman–Crippen MR) is 110 cm³/mol. The fourth-order valence-corrected chi connectivity index (χ4v) is 4.75. The van der Waals surface area contributed by atoms with E-state index in [4.69, 9.17) is 52.1 Å². The first-order valence-corrected chi connectivity index (χ1v) is 9.80. The van der Waals surface area contributed by atoms with Crippen molar-refractivity contribution >= 4 is 74.5 Å². The van der Waals surface area contributed by atoms with Gasteiger partial charge in [-0.15, -0.1) is 0 Å². The van der Waals surface area contributed by atoms with E-state index < -0.39 is 11.5 Å². The summed E-state index contributed by atoms with van der Waals surface area (Å²) in [6, 6.07) is 7.82. The molecule has 1 aliphatic rings. The monoisotopic (exact) mass is 459 g/mol. The number of nitrogen functional groups attached to an aromatic ring is 1. The number of hydrogen-bond donors (Lipinski definition) is 3. The summed E-state index contributed by atoms with van der Waals surface area (Å²) in [6.45, 7) is 0. The summed E-state index contributed by atoms with van der Waals surface area (Å²) in [5.74, 6) is -0.674. The van der Waals surface area contributed by atoms with Crippen molar-refractivity contribution in [2.45, 2.75) is 5.60 Å². The lowest BCUT2D eigenvalue weighted by Gasteiger charge is -2.21. The van der Waals surface area contributed by atoms with E-state index in [-0.39, 0.29) is 25.6 Å². The van der Waals surface area contributed by atoms with Crippen LogP contribution in [0.5, 0.6) is 0 Å². The molecule has 0 spiro atoms. The molecule has 0 saturated heterocycles. The van der Waals surface area contributed by atoms with Gasteiger partial charge in [0, 0.05) is 16.1 Å². The molecule has 10 heteroatoms. The van der Waals surface area contributed by atoms with Gasteiger partial charge in [-0.3, -0.25) is 4.79 Å². The molecular formula is C17H9Cl4N3O2S. The number of thiazole rings is 1. The third kappa shape index (κ3) is 2.88. The van der Waals surface area contributed by atoms with Crippen LogP contribution < -0.4 is 11.1 Å². The van der Waals surface area contributed by atoms with E-state index in [1.54, 1.807) is 18.2 Å². The zero-order chi connectivity index (χ0) is 19.5. The van der Waals surface area contributed by atoms with E-state index in [0.29, 0.717) is 27.0 Å². The number of hydrogen-bond acceptors (Lipinski definition) is 5. The van der Waals surface area contributed by atoms with Crippen molar-refractivity contribution < 1.29 is 9.90 Å². The first-order chi connectivity index (χ1) is 12.7. The number of fused-ring (bicyclic) bond motifs is 1. The second-order valence-corrected chi connectivity index (χ2v) is 8.52. The molecule has 3 aromatic rings. The first kappa shape index (κ1) is 18.8. The number of nitrogens with zero attached hydrogens (tertiary/aromatic N) is 1. The van der Waals surface area contributed by atoms with Gasteiger partial charge >= 0.3 is 0 Å². The van der Waals surface area contributed by atoms with Gasteiger partial charge in [0.25, 0.3) is 5.91 Å². The van der Waals surface area contributed by atoms with E-state index in [9.17, 15) is 9.90 Å². The van der Waals surface area contributed by atoms with Crippen LogP contribution in [0, 0.1) is 0 Å². The summed E-state index contributed by atoms with van der Waals surface area (Å²) in [5, 5.41) is 15.4. The van der Waals surface area contributed by atoms with E-state index in [0.717, 1.165) is 11.3 Å². The lowest BCUT2D eigenvalue weighted by Crippen LogP contribution is -2.35. The van der Waals surface area contributed by atoms with Crippen LogP contribution in [-0.2, 0) is 10.4 Å². The Labute approximate surface area is 177 Å². The maximum Gasteiger partial charge on any atom is 0.266 e. The van der Waals surface area contributed by atoms with E-state index in [1.807, 2.05) is 0 Å². The maximum atomic E-state index is 12.8. The Morgan fingerprint density at radius 2 is 1.81 bits per heavy atom. The van der Waals surface area contributed by atoms with E-state index >= 15 is 0 Å². The van der Waals surface area contributed by atoms with Crippen LogP contribution in [0.4, 0.5) is 10.8 Å². The minimum atomic E-state index is -2.05. The van der Waals surface area contributed by atoms with Crippen molar-refractivity contribution in [3.63, 3.8) is 0 Å². The minimum absolute atomic E-state index is 0.175. The first-order valence-electron chi connectivity index (χ1n) is 7.47. The number of carbonyl (C=O) groups excluding carboxylic acids is 1.